The van der Waals surface area contributed by atoms with Crippen molar-refractivity contribution in [1.29, 1.82) is 5.26 Å². The van der Waals surface area contributed by atoms with Crippen LogP contribution in [0.4, 0.5) is 5.69 Å². The Bertz CT molecular complexity index is 1380. The summed E-state index contributed by atoms with van der Waals surface area (Å²) in [5, 5.41) is 9.61. The van der Waals surface area contributed by atoms with E-state index in [4.69, 9.17) is 0 Å². The normalized spacial score (nSPS) is 18.6. The first-order chi connectivity index (χ1) is 17.8. The van der Waals surface area contributed by atoms with Crippen LogP contribution >= 0.6 is 0 Å². The molecule has 0 saturated carbocycles. The number of hydrogen-bond acceptors (Lipinski definition) is 7. The number of fused-ring (bicyclic) bond motifs is 1. The first-order valence-electron chi connectivity index (χ1n) is 12.8. The zero-order chi connectivity index (χ0) is 26.0. The number of likely N-dealkylation sites (tertiary alicyclic amines) is 1. The van der Waals surface area contributed by atoms with Gasteiger partial charge in [0.25, 0.3) is 10.0 Å². The van der Waals surface area contributed by atoms with Crippen LogP contribution in [0.1, 0.15) is 36.1 Å². The van der Waals surface area contributed by atoms with E-state index in [0.29, 0.717) is 38.2 Å². The maximum atomic E-state index is 14.0. The lowest BCUT2D eigenvalue weighted by Gasteiger charge is -2.41. The molecular weight excluding hydrogens is 488 g/mol. The van der Waals surface area contributed by atoms with Crippen LogP contribution in [0.3, 0.4) is 0 Å². The smallest absolute Gasteiger partial charge is 0.262 e. The third-order valence-corrected chi connectivity index (χ3v) is 9.29. The molecule has 196 valence electrons. The summed E-state index contributed by atoms with van der Waals surface area (Å²) >= 11 is 0. The first kappa shape index (κ1) is 25.4. The third kappa shape index (κ3) is 5.42. The van der Waals surface area contributed by atoms with Crippen molar-refractivity contribution in [3.63, 3.8) is 0 Å². The Morgan fingerprint density at radius 3 is 2.65 bits per heavy atom. The molecule has 0 amide bonds. The van der Waals surface area contributed by atoms with Crippen molar-refractivity contribution in [3.8, 4) is 6.07 Å². The molecule has 1 atom stereocenters. The molecule has 2 aliphatic heterocycles. The summed E-state index contributed by atoms with van der Waals surface area (Å²) in [5.41, 5.74) is 3.62. The molecule has 37 heavy (non-hydrogen) atoms. The monoisotopic (exact) mass is 522 g/mol. The fourth-order valence-electron chi connectivity index (χ4n) is 5.44. The predicted molar refractivity (Wildman–Crippen MR) is 140 cm³/mol. The van der Waals surface area contributed by atoms with Crippen LogP contribution in [0.2, 0.25) is 0 Å². The Morgan fingerprint density at radius 1 is 1.16 bits per heavy atom. The fraction of sp³-hybridized carbons (Fsp3) is 0.500. The Balaban J connectivity index is 1.50. The van der Waals surface area contributed by atoms with Crippen molar-refractivity contribution in [2.75, 3.05) is 37.6 Å². The van der Waals surface area contributed by atoms with Gasteiger partial charge in [0.05, 0.1) is 36.5 Å². The highest BCUT2D eigenvalue weighted by molar-refractivity contribution is 7.89. The van der Waals surface area contributed by atoms with E-state index < -0.39 is 10.0 Å². The van der Waals surface area contributed by atoms with E-state index in [2.05, 4.69) is 25.8 Å². The Hall–Kier alpha value is -3.20. The molecule has 0 bridgehead atoms. The summed E-state index contributed by atoms with van der Waals surface area (Å²) in [7, 11) is -0.0910. The third-order valence-electron chi connectivity index (χ3n) is 7.45. The van der Waals surface area contributed by atoms with Crippen LogP contribution in [-0.2, 0) is 37.1 Å². The molecule has 0 aliphatic carbocycles. The van der Waals surface area contributed by atoms with Crippen LogP contribution in [-0.4, -0.2) is 75.5 Å². The van der Waals surface area contributed by atoms with Gasteiger partial charge in [-0.1, -0.05) is 6.42 Å². The zero-order valence-corrected chi connectivity index (χ0v) is 22.3. The molecule has 3 aromatic rings. The van der Waals surface area contributed by atoms with Crippen LogP contribution in [0, 0.1) is 11.3 Å². The molecule has 4 heterocycles. The number of aryl methyl sites for hydroxylation is 2. The van der Waals surface area contributed by atoms with Gasteiger partial charge in [-0.3, -0.25) is 0 Å². The molecule has 10 nitrogen and oxygen atoms in total. The first-order valence-corrected chi connectivity index (χ1v) is 14.2. The van der Waals surface area contributed by atoms with E-state index in [1.54, 1.807) is 28.4 Å². The molecular formula is C26H34N8O2S. The Kier molecular flexibility index (Phi) is 7.33. The van der Waals surface area contributed by atoms with E-state index in [1.807, 2.05) is 36.0 Å². The number of nitrogens with zero attached hydrogens (tertiary/aromatic N) is 8. The molecule has 1 unspecified atom stereocenters. The van der Waals surface area contributed by atoms with Gasteiger partial charge in [-0.05, 0) is 56.1 Å². The number of rotatable bonds is 8. The number of benzene rings is 1. The van der Waals surface area contributed by atoms with Crippen molar-refractivity contribution in [1.82, 2.24) is 28.3 Å². The molecule has 2 aromatic heterocycles. The summed E-state index contributed by atoms with van der Waals surface area (Å²) in [4.78, 5) is 13.0. The van der Waals surface area contributed by atoms with E-state index in [9.17, 15) is 13.7 Å². The minimum absolute atomic E-state index is 0.0726. The average Bonchev–Trinajstić information content (AvgIpc) is 3.52. The SMILES string of the molecule is Cn1cnc(S(=O)(=O)N(CCN2CCCCC2)C2Cc3cc(C#N)ccc3N(Cc3cncn3C)C2)c1. The van der Waals surface area contributed by atoms with E-state index in [1.165, 1.54) is 12.7 Å². The highest BCUT2D eigenvalue weighted by atomic mass is 32.2. The summed E-state index contributed by atoms with van der Waals surface area (Å²) in [5.74, 6) is 0. The van der Waals surface area contributed by atoms with Crippen LogP contribution in [0.15, 0.2) is 48.3 Å². The van der Waals surface area contributed by atoms with Gasteiger partial charge in [-0.25, -0.2) is 18.4 Å². The minimum Gasteiger partial charge on any atom is -0.364 e. The minimum atomic E-state index is -3.83. The summed E-state index contributed by atoms with van der Waals surface area (Å²) in [6.45, 7) is 4.23. The molecule has 0 radical (unpaired) electrons. The van der Waals surface area contributed by atoms with Gasteiger partial charge in [0.2, 0.25) is 0 Å². The zero-order valence-electron chi connectivity index (χ0n) is 21.5. The van der Waals surface area contributed by atoms with Crippen molar-refractivity contribution in [3.05, 3.63) is 60.1 Å². The predicted octanol–water partition coefficient (Wildman–Crippen LogP) is 2.13. The van der Waals surface area contributed by atoms with Gasteiger partial charge >= 0.3 is 0 Å². The van der Waals surface area contributed by atoms with Gasteiger partial charge in [0.1, 0.15) is 0 Å². The van der Waals surface area contributed by atoms with Crippen LogP contribution in [0.5, 0.6) is 0 Å². The van der Waals surface area contributed by atoms with Gasteiger partial charge < -0.3 is 18.9 Å². The van der Waals surface area contributed by atoms with Gasteiger partial charge in [-0.2, -0.15) is 9.57 Å². The molecule has 0 spiro atoms. The Morgan fingerprint density at radius 2 is 1.97 bits per heavy atom. The molecule has 5 rings (SSSR count). The maximum absolute atomic E-state index is 14.0. The second-order valence-electron chi connectivity index (χ2n) is 10.1. The molecule has 1 saturated heterocycles. The standard InChI is InChI=1S/C26H34N8O2S/c1-30-18-26(29-20-30)37(35,36)34(11-10-32-8-4-3-5-9-32)23-13-22-12-21(14-27)6-7-25(22)33(16-23)17-24-15-28-19-31(24)2/h6-7,12,15,18-20,23H,3-5,8-11,13,16-17H2,1-2H3. The second-order valence-corrected chi connectivity index (χ2v) is 11.9. The molecule has 0 N–H and O–H groups in total. The lowest BCUT2D eigenvalue weighted by molar-refractivity contribution is 0.198. The highest BCUT2D eigenvalue weighted by Gasteiger charge is 2.37. The van der Waals surface area contributed by atoms with Crippen molar-refractivity contribution >= 4 is 15.7 Å². The van der Waals surface area contributed by atoms with Crippen LogP contribution < -0.4 is 4.90 Å². The highest BCUT2D eigenvalue weighted by Crippen LogP contribution is 2.33. The Labute approximate surface area is 218 Å². The largest absolute Gasteiger partial charge is 0.364 e. The maximum Gasteiger partial charge on any atom is 0.262 e. The molecule has 11 heteroatoms. The van der Waals surface area contributed by atoms with Crippen molar-refractivity contribution in [2.24, 2.45) is 14.1 Å². The summed E-state index contributed by atoms with van der Waals surface area (Å²) in [6, 6.07) is 7.64. The lowest BCUT2D eigenvalue weighted by Crippen LogP contribution is -2.52. The van der Waals surface area contributed by atoms with Gasteiger partial charge in [0, 0.05) is 57.9 Å². The molecule has 1 aromatic carbocycles. The molecule has 1 fully saturated rings. The number of sulfonamides is 1. The average molecular weight is 523 g/mol. The topological polar surface area (TPSA) is 103 Å². The lowest BCUT2D eigenvalue weighted by atomic mass is 9.95. The van der Waals surface area contributed by atoms with Gasteiger partial charge in [-0.15, -0.1) is 0 Å². The number of hydrogen-bond donors (Lipinski definition) is 0. The number of piperidine rings is 1. The summed E-state index contributed by atoms with van der Waals surface area (Å²) in [6.07, 6.45) is 10.8. The number of imidazole rings is 2. The molecule has 2 aliphatic rings. The van der Waals surface area contributed by atoms with Crippen molar-refractivity contribution in [2.45, 2.75) is 43.3 Å². The van der Waals surface area contributed by atoms with Gasteiger partial charge in [0.15, 0.2) is 5.03 Å². The van der Waals surface area contributed by atoms with E-state index >= 15 is 0 Å². The van der Waals surface area contributed by atoms with Crippen molar-refractivity contribution < 1.29 is 8.42 Å². The summed E-state index contributed by atoms with van der Waals surface area (Å²) < 4.78 is 33.3. The fourth-order valence-corrected chi connectivity index (χ4v) is 7.01. The van der Waals surface area contributed by atoms with Crippen LogP contribution in [0.25, 0.3) is 0 Å². The second kappa shape index (κ2) is 10.7. The van der Waals surface area contributed by atoms with E-state index in [0.717, 1.165) is 42.9 Å². The quantitative estimate of drug-likeness (QED) is 0.446. The number of anilines is 1. The van der Waals surface area contributed by atoms with E-state index in [-0.39, 0.29) is 11.1 Å². The number of nitriles is 1. The number of aromatic nitrogens is 4.